The second-order valence-electron chi connectivity index (χ2n) is 8.78. The maximum Gasteiger partial charge on any atom is 0.322 e. The van der Waals surface area contributed by atoms with Crippen LogP contribution in [0.15, 0.2) is 42.7 Å². The minimum Gasteiger partial charge on any atom is -0.378 e. The van der Waals surface area contributed by atoms with E-state index in [1.165, 1.54) is 5.56 Å². The van der Waals surface area contributed by atoms with Gasteiger partial charge in [-0.05, 0) is 32.5 Å². The number of hydrogen-bond acceptors (Lipinski definition) is 6. The number of rotatable bonds is 4. The number of hydrogen-bond donors (Lipinski definition) is 1. The number of carbonyl (C=O) groups excluding carboxylic acids is 1. The molecule has 1 aliphatic carbocycles. The van der Waals surface area contributed by atoms with Crippen molar-refractivity contribution in [2.75, 3.05) is 56.7 Å². The van der Waals surface area contributed by atoms with Crippen LogP contribution in [0, 0.1) is 0 Å². The van der Waals surface area contributed by atoms with Crippen molar-refractivity contribution >= 4 is 17.7 Å². The van der Waals surface area contributed by atoms with Crippen LogP contribution < -0.4 is 15.1 Å². The van der Waals surface area contributed by atoms with Gasteiger partial charge in [0.1, 0.15) is 0 Å². The van der Waals surface area contributed by atoms with Crippen molar-refractivity contribution in [3.8, 4) is 0 Å². The van der Waals surface area contributed by atoms with Gasteiger partial charge in [-0.2, -0.15) is 0 Å². The third-order valence-corrected chi connectivity index (χ3v) is 6.74. The van der Waals surface area contributed by atoms with Crippen LogP contribution in [-0.2, 0) is 10.3 Å². The number of nitrogens with one attached hydrogen (secondary N) is 1. The molecular formula is C22H28N6O2. The highest BCUT2D eigenvalue weighted by Crippen LogP contribution is 2.53. The summed E-state index contributed by atoms with van der Waals surface area (Å²) < 4.78 is 5.39. The van der Waals surface area contributed by atoms with Gasteiger partial charge < -0.3 is 15.0 Å². The van der Waals surface area contributed by atoms with Crippen LogP contribution in [0.2, 0.25) is 0 Å². The summed E-state index contributed by atoms with van der Waals surface area (Å²) in [7, 11) is 4.24. The molecule has 3 fully saturated rings. The maximum absolute atomic E-state index is 12.8. The van der Waals surface area contributed by atoms with Crippen LogP contribution in [-0.4, -0.2) is 73.4 Å². The van der Waals surface area contributed by atoms with E-state index in [0.29, 0.717) is 25.7 Å². The Morgan fingerprint density at radius 3 is 2.37 bits per heavy atom. The van der Waals surface area contributed by atoms with E-state index in [0.717, 1.165) is 31.6 Å². The summed E-state index contributed by atoms with van der Waals surface area (Å²) in [5, 5.41) is 3.25. The molecule has 0 radical (unpaired) electrons. The molecule has 5 rings (SSSR count). The fraction of sp³-hybridized carbons (Fsp3) is 0.500. The smallest absolute Gasteiger partial charge is 0.322 e. The summed E-state index contributed by atoms with van der Waals surface area (Å²) in [4.78, 5) is 28.0. The highest BCUT2D eigenvalue weighted by Gasteiger charge is 2.61. The summed E-state index contributed by atoms with van der Waals surface area (Å²) in [5.74, 6) is 0.690. The Morgan fingerprint density at radius 2 is 1.73 bits per heavy atom. The van der Waals surface area contributed by atoms with Gasteiger partial charge in [0.05, 0.1) is 48.9 Å². The molecule has 0 unspecified atom stereocenters. The molecule has 2 saturated heterocycles. The van der Waals surface area contributed by atoms with Gasteiger partial charge in [-0.25, -0.2) is 14.8 Å². The molecule has 0 atom stereocenters. The number of carbonyl (C=O) groups is 1. The molecule has 158 valence electrons. The third kappa shape index (κ3) is 3.11. The Morgan fingerprint density at radius 1 is 1.07 bits per heavy atom. The molecule has 3 aliphatic rings. The van der Waals surface area contributed by atoms with E-state index in [9.17, 15) is 4.79 Å². The number of urea groups is 1. The average Bonchev–Trinajstić information content (AvgIpc) is 3.11. The number of amides is 2. The highest BCUT2D eigenvalue weighted by molar-refractivity contribution is 5.95. The van der Waals surface area contributed by atoms with Crippen LogP contribution in [0.4, 0.5) is 16.4 Å². The van der Waals surface area contributed by atoms with Crippen molar-refractivity contribution in [1.29, 1.82) is 0 Å². The second kappa shape index (κ2) is 7.21. The molecule has 1 spiro atoms. The largest absolute Gasteiger partial charge is 0.378 e. The van der Waals surface area contributed by atoms with Gasteiger partial charge in [0.2, 0.25) is 5.95 Å². The summed E-state index contributed by atoms with van der Waals surface area (Å²) in [6.45, 7) is 3.60. The Labute approximate surface area is 176 Å². The molecule has 30 heavy (non-hydrogen) atoms. The van der Waals surface area contributed by atoms with Gasteiger partial charge in [0.25, 0.3) is 0 Å². The quantitative estimate of drug-likeness (QED) is 0.832. The number of morpholine rings is 1. The Hall–Kier alpha value is -2.71. The first-order valence-electron chi connectivity index (χ1n) is 10.5. The Kier molecular flexibility index (Phi) is 4.63. The minimum absolute atomic E-state index is 0.0543. The van der Waals surface area contributed by atoms with E-state index in [2.05, 4.69) is 63.4 Å². The van der Waals surface area contributed by atoms with Crippen LogP contribution in [0.5, 0.6) is 0 Å². The zero-order valence-electron chi connectivity index (χ0n) is 17.5. The summed E-state index contributed by atoms with van der Waals surface area (Å²) in [6.07, 6.45) is 5.27. The Bertz CT molecular complexity index is 905. The van der Waals surface area contributed by atoms with Crippen molar-refractivity contribution in [2.45, 2.75) is 23.9 Å². The maximum atomic E-state index is 12.8. The van der Waals surface area contributed by atoms with Gasteiger partial charge >= 0.3 is 6.03 Å². The predicted molar refractivity (Wildman–Crippen MR) is 115 cm³/mol. The van der Waals surface area contributed by atoms with E-state index in [1.807, 2.05) is 6.07 Å². The summed E-state index contributed by atoms with van der Waals surface area (Å²) in [5.41, 5.74) is 1.76. The van der Waals surface area contributed by atoms with Crippen molar-refractivity contribution in [3.05, 3.63) is 48.3 Å². The number of benzene rings is 1. The zero-order chi connectivity index (χ0) is 20.8. The highest BCUT2D eigenvalue weighted by atomic mass is 16.5. The van der Waals surface area contributed by atoms with Crippen LogP contribution in [0.1, 0.15) is 18.4 Å². The minimum atomic E-state index is -0.222. The van der Waals surface area contributed by atoms with Crippen molar-refractivity contribution in [1.82, 2.24) is 20.2 Å². The standard InChI is InChI=1S/C22H28N6O2/c1-26(2)22(17-6-4-3-5-7-17)14-21(15-22)16-28(20(29)25-21)18-12-23-19(24-13-18)27-8-10-30-11-9-27/h3-7,12-13H,8-11,14-16H2,1-2H3,(H,25,29). The van der Waals surface area contributed by atoms with Crippen molar-refractivity contribution < 1.29 is 9.53 Å². The van der Waals surface area contributed by atoms with E-state index in [-0.39, 0.29) is 17.1 Å². The topological polar surface area (TPSA) is 73.8 Å². The fourth-order valence-electron chi connectivity index (χ4n) is 5.09. The van der Waals surface area contributed by atoms with Crippen LogP contribution in [0.3, 0.4) is 0 Å². The molecular weight excluding hydrogens is 380 g/mol. The van der Waals surface area contributed by atoms with Gasteiger partial charge in [-0.15, -0.1) is 0 Å². The van der Waals surface area contributed by atoms with Gasteiger partial charge in [0.15, 0.2) is 0 Å². The monoisotopic (exact) mass is 408 g/mol. The molecule has 1 saturated carbocycles. The van der Waals surface area contributed by atoms with Gasteiger partial charge in [-0.1, -0.05) is 30.3 Å². The lowest BCUT2D eigenvalue weighted by Gasteiger charge is -2.57. The van der Waals surface area contributed by atoms with Crippen molar-refractivity contribution in [3.63, 3.8) is 0 Å². The lowest BCUT2D eigenvalue weighted by molar-refractivity contribution is -0.0169. The molecule has 1 N–H and O–H groups in total. The Balaban J connectivity index is 1.32. The van der Waals surface area contributed by atoms with E-state index < -0.39 is 0 Å². The number of nitrogens with zero attached hydrogens (tertiary/aromatic N) is 5. The first-order chi connectivity index (χ1) is 14.5. The van der Waals surface area contributed by atoms with E-state index >= 15 is 0 Å². The van der Waals surface area contributed by atoms with Gasteiger partial charge in [-0.3, -0.25) is 9.80 Å². The molecule has 2 aliphatic heterocycles. The van der Waals surface area contributed by atoms with Crippen LogP contribution >= 0.6 is 0 Å². The molecule has 8 nitrogen and oxygen atoms in total. The third-order valence-electron chi connectivity index (χ3n) is 6.74. The first-order valence-corrected chi connectivity index (χ1v) is 10.5. The molecule has 0 bridgehead atoms. The number of aromatic nitrogens is 2. The second-order valence-corrected chi connectivity index (χ2v) is 8.78. The molecule has 2 amide bonds. The first kappa shape index (κ1) is 19.3. The summed E-state index contributed by atoms with van der Waals surface area (Å²) in [6, 6.07) is 10.5. The average molecular weight is 409 g/mol. The normalized spacial score (nSPS) is 28.7. The van der Waals surface area contributed by atoms with Crippen molar-refractivity contribution in [2.24, 2.45) is 0 Å². The fourth-order valence-corrected chi connectivity index (χ4v) is 5.09. The van der Waals surface area contributed by atoms with Gasteiger partial charge in [0, 0.05) is 13.1 Å². The zero-order valence-corrected chi connectivity index (χ0v) is 17.5. The van der Waals surface area contributed by atoms with E-state index in [4.69, 9.17) is 4.74 Å². The molecule has 8 heteroatoms. The lowest BCUT2D eigenvalue weighted by Crippen LogP contribution is -2.66. The molecule has 1 aromatic heterocycles. The molecule has 2 aromatic rings. The number of anilines is 2. The van der Waals surface area contributed by atoms with E-state index in [1.54, 1.807) is 17.3 Å². The lowest BCUT2D eigenvalue weighted by atomic mass is 9.59. The predicted octanol–water partition coefficient (Wildman–Crippen LogP) is 1.83. The SMILES string of the molecule is CN(C)C1(c2ccccc2)CC2(CN(c3cnc(N4CCOCC4)nc3)C(=O)N2)C1. The van der Waals surface area contributed by atoms with Crippen LogP contribution in [0.25, 0.3) is 0 Å². The summed E-state index contributed by atoms with van der Waals surface area (Å²) >= 11 is 0. The molecule has 3 heterocycles. The molecule has 1 aromatic carbocycles. The number of ether oxygens (including phenoxy) is 1.